The van der Waals surface area contributed by atoms with Gasteiger partial charge in [-0.25, -0.2) is 15.0 Å². The Bertz CT molecular complexity index is 728. The first-order valence-corrected chi connectivity index (χ1v) is 7.03. The van der Waals surface area contributed by atoms with E-state index in [0.29, 0.717) is 11.7 Å². The summed E-state index contributed by atoms with van der Waals surface area (Å²) >= 11 is 9.25. The molecule has 3 aromatic rings. The number of para-hydroxylation sites is 1. The Morgan fingerprint density at radius 2 is 1.84 bits per heavy atom. The number of aromatic nitrogens is 3. The van der Waals surface area contributed by atoms with E-state index >= 15 is 0 Å². The average molecular weight is 335 g/mol. The summed E-state index contributed by atoms with van der Waals surface area (Å²) in [6.07, 6.45) is 3.44. The third-order valence-corrected chi connectivity index (χ3v) is 3.66. The van der Waals surface area contributed by atoms with Crippen molar-refractivity contribution in [1.29, 1.82) is 0 Å². The lowest BCUT2D eigenvalue weighted by atomic mass is 10.2. The van der Waals surface area contributed by atoms with E-state index in [9.17, 15) is 0 Å². The zero-order valence-electron chi connectivity index (χ0n) is 9.85. The molecule has 0 amide bonds. The Kier molecular flexibility index (Phi) is 3.44. The zero-order valence-corrected chi connectivity index (χ0v) is 12.2. The number of halogens is 2. The lowest BCUT2D eigenvalue weighted by Crippen LogP contribution is -1.94. The van der Waals surface area contributed by atoms with Gasteiger partial charge in [0, 0.05) is 27.8 Å². The molecule has 3 rings (SSSR count). The average Bonchev–Trinajstić information content (AvgIpc) is 2.47. The summed E-state index contributed by atoms with van der Waals surface area (Å²) in [6.45, 7) is 0. The second-order valence-corrected chi connectivity index (χ2v) is 5.18. The van der Waals surface area contributed by atoms with Gasteiger partial charge in [-0.3, -0.25) is 0 Å². The molecule has 0 fully saturated rings. The van der Waals surface area contributed by atoms with Crippen LogP contribution in [0.15, 0.2) is 47.2 Å². The van der Waals surface area contributed by atoms with Gasteiger partial charge < -0.3 is 0 Å². The lowest BCUT2D eigenvalue weighted by Gasteiger charge is -2.05. The second-order valence-electron chi connectivity index (χ2n) is 4.06. The Balaban J connectivity index is 2.15. The molecule has 1 aromatic carbocycles. The van der Waals surface area contributed by atoms with E-state index in [2.05, 4.69) is 30.9 Å². The van der Waals surface area contributed by atoms with E-state index < -0.39 is 0 Å². The van der Waals surface area contributed by atoms with Gasteiger partial charge in [0.15, 0.2) is 5.82 Å². The fourth-order valence-electron chi connectivity index (χ4n) is 1.79. The third-order valence-electron chi connectivity index (χ3n) is 2.75. The highest BCUT2D eigenvalue weighted by Gasteiger charge is 2.09. The predicted molar refractivity (Wildman–Crippen MR) is 80.0 cm³/mol. The van der Waals surface area contributed by atoms with Crippen molar-refractivity contribution >= 4 is 38.4 Å². The van der Waals surface area contributed by atoms with Crippen LogP contribution in [0.1, 0.15) is 5.56 Å². The van der Waals surface area contributed by atoms with Gasteiger partial charge in [-0.05, 0) is 28.1 Å². The van der Waals surface area contributed by atoms with Crippen LogP contribution in [0.3, 0.4) is 0 Å². The summed E-state index contributed by atoms with van der Waals surface area (Å²) in [6, 6.07) is 9.97. The second kappa shape index (κ2) is 5.23. The van der Waals surface area contributed by atoms with E-state index in [0.717, 1.165) is 26.6 Å². The van der Waals surface area contributed by atoms with E-state index in [-0.39, 0.29) is 0 Å². The van der Waals surface area contributed by atoms with Crippen LogP contribution >= 0.6 is 27.5 Å². The van der Waals surface area contributed by atoms with Crippen LogP contribution in [0.4, 0.5) is 0 Å². The molecule has 0 radical (unpaired) electrons. The summed E-state index contributed by atoms with van der Waals surface area (Å²) in [5.41, 5.74) is 2.55. The molecule has 0 bridgehead atoms. The van der Waals surface area contributed by atoms with E-state index in [1.807, 2.05) is 30.3 Å². The van der Waals surface area contributed by atoms with Gasteiger partial charge in [0.25, 0.3) is 0 Å². The number of rotatable bonds is 2. The molecule has 2 heterocycles. The molecule has 2 aromatic heterocycles. The molecular weight excluding hydrogens is 326 g/mol. The molecule has 94 valence electrons. The third kappa shape index (κ3) is 2.46. The number of hydrogen-bond acceptors (Lipinski definition) is 3. The monoisotopic (exact) mass is 333 g/mol. The standard InChI is InChI=1S/C14H9BrClN3/c15-11-5-10-3-1-2-4-12(10)19-13(11)14-17-7-9(6-16)8-18-14/h1-5,7-8H,6H2. The topological polar surface area (TPSA) is 38.7 Å². The number of nitrogens with zero attached hydrogens (tertiary/aromatic N) is 3. The van der Waals surface area contributed by atoms with Crippen molar-refractivity contribution in [2.75, 3.05) is 0 Å². The highest BCUT2D eigenvalue weighted by Crippen LogP contribution is 2.27. The number of alkyl halides is 1. The molecule has 0 unspecified atom stereocenters. The van der Waals surface area contributed by atoms with Crippen molar-refractivity contribution in [2.45, 2.75) is 5.88 Å². The fraction of sp³-hybridized carbons (Fsp3) is 0.0714. The van der Waals surface area contributed by atoms with Crippen molar-refractivity contribution in [3.63, 3.8) is 0 Å². The zero-order chi connectivity index (χ0) is 13.2. The number of pyridine rings is 1. The molecule has 0 aliphatic rings. The summed E-state index contributed by atoms with van der Waals surface area (Å²) in [5.74, 6) is 0.999. The van der Waals surface area contributed by atoms with Crippen LogP contribution in [0.2, 0.25) is 0 Å². The van der Waals surface area contributed by atoms with Crippen LogP contribution in [-0.4, -0.2) is 15.0 Å². The molecule has 0 atom stereocenters. The SMILES string of the molecule is ClCc1cnc(-c2nc3ccccc3cc2Br)nc1. The van der Waals surface area contributed by atoms with Crippen molar-refractivity contribution in [2.24, 2.45) is 0 Å². The highest BCUT2D eigenvalue weighted by atomic mass is 79.9. The quantitative estimate of drug-likeness (QED) is 0.660. The molecular formula is C14H9BrClN3. The summed E-state index contributed by atoms with van der Waals surface area (Å²) in [4.78, 5) is 13.2. The smallest absolute Gasteiger partial charge is 0.179 e. The van der Waals surface area contributed by atoms with Gasteiger partial charge in [-0.2, -0.15) is 0 Å². The Labute approximate surface area is 123 Å². The number of fused-ring (bicyclic) bond motifs is 1. The highest BCUT2D eigenvalue weighted by molar-refractivity contribution is 9.10. The Morgan fingerprint density at radius 3 is 2.58 bits per heavy atom. The first-order valence-electron chi connectivity index (χ1n) is 5.70. The maximum absolute atomic E-state index is 5.73. The van der Waals surface area contributed by atoms with Crippen LogP contribution in [-0.2, 0) is 5.88 Å². The maximum Gasteiger partial charge on any atom is 0.179 e. The first-order chi connectivity index (χ1) is 9.28. The van der Waals surface area contributed by atoms with Gasteiger partial charge >= 0.3 is 0 Å². The number of benzene rings is 1. The van der Waals surface area contributed by atoms with E-state index in [4.69, 9.17) is 11.6 Å². The largest absolute Gasteiger partial charge is 0.243 e. The van der Waals surface area contributed by atoms with Crippen LogP contribution < -0.4 is 0 Å². The molecule has 5 heteroatoms. The summed E-state index contributed by atoms with van der Waals surface area (Å²) in [5, 5.41) is 1.08. The lowest BCUT2D eigenvalue weighted by molar-refractivity contribution is 1.11. The van der Waals surface area contributed by atoms with Crippen molar-refractivity contribution in [3.8, 4) is 11.5 Å². The van der Waals surface area contributed by atoms with Crippen LogP contribution in [0.25, 0.3) is 22.4 Å². The minimum Gasteiger partial charge on any atom is -0.243 e. The molecule has 19 heavy (non-hydrogen) atoms. The molecule has 0 spiro atoms. The van der Waals surface area contributed by atoms with Gasteiger partial charge in [-0.15, -0.1) is 11.6 Å². The Morgan fingerprint density at radius 1 is 1.11 bits per heavy atom. The van der Waals surface area contributed by atoms with Crippen LogP contribution in [0, 0.1) is 0 Å². The molecule has 0 aliphatic carbocycles. The summed E-state index contributed by atoms with van der Waals surface area (Å²) in [7, 11) is 0. The molecule has 3 nitrogen and oxygen atoms in total. The van der Waals surface area contributed by atoms with Crippen molar-refractivity contribution < 1.29 is 0 Å². The number of hydrogen-bond donors (Lipinski definition) is 0. The molecule has 0 saturated carbocycles. The van der Waals surface area contributed by atoms with Crippen LogP contribution in [0.5, 0.6) is 0 Å². The van der Waals surface area contributed by atoms with Gasteiger partial charge in [-0.1, -0.05) is 18.2 Å². The Hall–Kier alpha value is -1.52. The fourth-order valence-corrected chi connectivity index (χ4v) is 2.44. The summed E-state index contributed by atoms with van der Waals surface area (Å²) < 4.78 is 0.879. The minimum absolute atomic E-state index is 0.409. The molecule has 0 saturated heterocycles. The van der Waals surface area contributed by atoms with Crippen molar-refractivity contribution in [3.05, 3.63) is 52.8 Å². The maximum atomic E-state index is 5.73. The molecule has 0 aliphatic heterocycles. The molecule has 0 N–H and O–H groups in total. The van der Waals surface area contributed by atoms with E-state index in [1.165, 1.54) is 0 Å². The van der Waals surface area contributed by atoms with Crippen molar-refractivity contribution in [1.82, 2.24) is 15.0 Å². The van der Waals surface area contributed by atoms with E-state index in [1.54, 1.807) is 12.4 Å². The predicted octanol–water partition coefficient (Wildman–Crippen LogP) is 4.19. The van der Waals surface area contributed by atoms with Gasteiger partial charge in [0.2, 0.25) is 0 Å². The van der Waals surface area contributed by atoms with Gasteiger partial charge in [0.1, 0.15) is 5.69 Å². The normalized spacial score (nSPS) is 10.8. The van der Waals surface area contributed by atoms with Gasteiger partial charge in [0.05, 0.1) is 11.4 Å². The minimum atomic E-state index is 0.409. The first kappa shape index (κ1) is 12.5.